The summed E-state index contributed by atoms with van der Waals surface area (Å²) < 4.78 is 26.7. The molecule has 5 nitrogen and oxygen atoms in total. The summed E-state index contributed by atoms with van der Waals surface area (Å²) in [5.74, 6) is -0.189. The lowest BCUT2D eigenvalue weighted by molar-refractivity contribution is 0.601. The number of sulfonamides is 1. The van der Waals surface area contributed by atoms with Crippen molar-refractivity contribution in [3.63, 3.8) is 0 Å². The van der Waals surface area contributed by atoms with Crippen molar-refractivity contribution in [3.05, 3.63) is 60.2 Å². The van der Waals surface area contributed by atoms with E-state index in [-0.39, 0.29) is 10.7 Å². The molecule has 0 radical (unpaired) electrons. The molecule has 0 heterocycles. The van der Waals surface area contributed by atoms with Gasteiger partial charge in [0.1, 0.15) is 5.84 Å². The van der Waals surface area contributed by atoms with Crippen molar-refractivity contribution in [1.82, 2.24) is 0 Å². The van der Waals surface area contributed by atoms with Crippen LogP contribution < -0.4 is 10.5 Å². The Morgan fingerprint density at radius 1 is 1.00 bits per heavy atom. The molecule has 0 amide bonds. The Hall–Kier alpha value is -2.34. The highest BCUT2D eigenvalue weighted by atomic mass is 32.2. The van der Waals surface area contributed by atoms with E-state index in [2.05, 4.69) is 4.72 Å². The lowest BCUT2D eigenvalue weighted by Crippen LogP contribution is -2.18. The second kappa shape index (κ2) is 5.11. The van der Waals surface area contributed by atoms with Crippen LogP contribution in [0.3, 0.4) is 0 Å². The summed E-state index contributed by atoms with van der Waals surface area (Å²) in [5, 5.41) is 7.43. The molecule has 0 aliphatic carbocycles. The maximum absolute atomic E-state index is 12.2. The van der Waals surface area contributed by atoms with Crippen molar-refractivity contribution in [2.24, 2.45) is 5.73 Å². The maximum atomic E-state index is 12.2. The molecule has 19 heavy (non-hydrogen) atoms. The van der Waals surface area contributed by atoms with Crippen molar-refractivity contribution < 1.29 is 8.42 Å². The number of nitrogen functional groups attached to an aromatic ring is 1. The largest absolute Gasteiger partial charge is 0.384 e. The lowest BCUT2D eigenvalue weighted by atomic mass is 10.2. The Labute approximate surface area is 111 Å². The zero-order chi connectivity index (χ0) is 13.9. The predicted octanol–water partition coefficient (Wildman–Crippen LogP) is 1.77. The zero-order valence-corrected chi connectivity index (χ0v) is 10.8. The summed E-state index contributed by atoms with van der Waals surface area (Å²) in [4.78, 5) is 0.161. The van der Waals surface area contributed by atoms with E-state index >= 15 is 0 Å². The average molecular weight is 275 g/mol. The maximum Gasteiger partial charge on any atom is 0.261 e. The number of nitrogens with one attached hydrogen (secondary N) is 2. The van der Waals surface area contributed by atoms with Crippen molar-refractivity contribution in [2.45, 2.75) is 4.90 Å². The fraction of sp³-hybridized carbons (Fsp3) is 0. The fourth-order valence-corrected chi connectivity index (χ4v) is 2.71. The van der Waals surface area contributed by atoms with Crippen LogP contribution in [0.15, 0.2) is 59.5 Å². The lowest BCUT2D eigenvalue weighted by Gasteiger charge is -2.11. The number of rotatable bonds is 4. The van der Waals surface area contributed by atoms with Crippen LogP contribution in [0.25, 0.3) is 0 Å². The zero-order valence-electron chi connectivity index (χ0n) is 10.00. The van der Waals surface area contributed by atoms with Gasteiger partial charge in [-0.25, -0.2) is 8.42 Å². The SMILES string of the molecule is N=C(N)c1ccccc1NS(=O)(=O)c1ccccc1. The third kappa shape index (κ3) is 2.92. The second-order valence-corrected chi connectivity index (χ2v) is 5.56. The highest BCUT2D eigenvalue weighted by molar-refractivity contribution is 7.92. The molecule has 2 aromatic rings. The monoisotopic (exact) mass is 275 g/mol. The number of benzene rings is 2. The van der Waals surface area contributed by atoms with E-state index in [0.717, 1.165) is 0 Å². The molecule has 4 N–H and O–H groups in total. The molecular weight excluding hydrogens is 262 g/mol. The van der Waals surface area contributed by atoms with Gasteiger partial charge in [0.15, 0.2) is 0 Å². The summed E-state index contributed by atoms with van der Waals surface area (Å²) >= 11 is 0. The molecule has 6 heteroatoms. The highest BCUT2D eigenvalue weighted by Gasteiger charge is 2.15. The van der Waals surface area contributed by atoms with E-state index in [1.54, 1.807) is 42.5 Å². The molecule has 0 aromatic heterocycles. The van der Waals surface area contributed by atoms with Gasteiger partial charge in [-0.2, -0.15) is 0 Å². The summed E-state index contributed by atoms with van der Waals surface area (Å²) in [6, 6.07) is 14.5. The van der Waals surface area contributed by atoms with Crippen LogP contribution >= 0.6 is 0 Å². The fourth-order valence-electron chi connectivity index (χ4n) is 1.61. The Bertz CT molecular complexity index is 697. The Kier molecular flexibility index (Phi) is 3.52. The summed E-state index contributed by atoms with van der Waals surface area (Å²) in [7, 11) is -3.67. The van der Waals surface area contributed by atoms with Gasteiger partial charge in [0.2, 0.25) is 0 Å². The first kappa shape index (κ1) is 13.1. The number of para-hydroxylation sites is 1. The molecule has 0 unspecified atom stereocenters. The van der Waals surface area contributed by atoms with Crippen LogP contribution in [-0.4, -0.2) is 14.3 Å². The van der Waals surface area contributed by atoms with E-state index < -0.39 is 10.0 Å². The van der Waals surface area contributed by atoms with Crippen LogP contribution in [0.1, 0.15) is 5.56 Å². The second-order valence-electron chi connectivity index (χ2n) is 3.88. The first-order valence-electron chi connectivity index (χ1n) is 5.52. The van der Waals surface area contributed by atoms with Crippen LogP contribution in [0, 0.1) is 5.41 Å². The van der Waals surface area contributed by atoms with Crippen molar-refractivity contribution in [1.29, 1.82) is 5.41 Å². The molecule has 0 bridgehead atoms. The molecule has 0 atom stereocenters. The first-order chi connectivity index (χ1) is 9.00. The average Bonchev–Trinajstić information content (AvgIpc) is 2.39. The van der Waals surface area contributed by atoms with Gasteiger partial charge >= 0.3 is 0 Å². The molecule has 0 aliphatic rings. The van der Waals surface area contributed by atoms with E-state index in [1.165, 1.54) is 12.1 Å². The van der Waals surface area contributed by atoms with Gasteiger partial charge < -0.3 is 5.73 Å². The predicted molar refractivity (Wildman–Crippen MR) is 74.7 cm³/mol. The molecule has 0 fully saturated rings. The van der Waals surface area contributed by atoms with Crippen molar-refractivity contribution in [3.8, 4) is 0 Å². The van der Waals surface area contributed by atoms with Gasteiger partial charge in [-0.1, -0.05) is 30.3 Å². The van der Waals surface area contributed by atoms with Gasteiger partial charge in [0.05, 0.1) is 10.6 Å². The third-order valence-corrected chi connectivity index (χ3v) is 3.90. The Morgan fingerprint density at radius 2 is 1.58 bits per heavy atom. The molecular formula is C13H13N3O2S. The summed E-state index contributed by atoms with van der Waals surface area (Å²) in [6.07, 6.45) is 0. The number of amidine groups is 1. The minimum absolute atomic E-state index is 0.161. The van der Waals surface area contributed by atoms with Crippen LogP contribution in [0.5, 0.6) is 0 Å². The van der Waals surface area contributed by atoms with Gasteiger partial charge in [-0.15, -0.1) is 0 Å². The normalized spacial score (nSPS) is 10.9. The van der Waals surface area contributed by atoms with E-state index in [0.29, 0.717) is 11.3 Å². The van der Waals surface area contributed by atoms with E-state index in [1.807, 2.05) is 0 Å². The van der Waals surface area contributed by atoms with Gasteiger partial charge in [-0.3, -0.25) is 10.1 Å². The van der Waals surface area contributed by atoms with Crippen molar-refractivity contribution in [2.75, 3.05) is 4.72 Å². The Balaban J connectivity index is 2.39. The van der Waals surface area contributed by atoms with Crippen LogP contribution in [-0.2, 0) is 10.0 Å². The molecule has 0 spiro atoms. The topological polar surface area (TPSA) is 96.0 Å². The highest BCUT2D eigenvalue weighted by Crippen LogP contribution is 2.19. The molecule has 98 valence electrons. The number of anilines is 1. The molecule has 0 aliphatic heterocycles. The van der Waals surface area contributed by atoms with Crippen molar-refractivity contribution >= 4 is 21.5 Å². The van der Waals surface area contributed by atoms with Gasteiger partial charge in [0, 0.05) is 5.56 Å². The van der Waals surface area contributed by atoms with E-state index in [4.69, 9.17) is 11.1 Å². The molecule has 0 saturated heterocycles. The Morgan fingerprint density at radius 3 is 2.21 bits per heavy atom. The number of hydrogen-bond acceptors (Lipinski definition) is 3. The van der Waals surface area contributed by atoms with Gasteiger partial charge in [0.25, 0.3) is 10.0 Å². The molecule has 0 saturated carbocycles. The van der Waals surface area contributed by atoms with Crippen LogP contribution in [0.2, 0.25) is 0 Å². The quantitative estimate of drug-likeness (QED) is 0.586. The number of hydrogen-bond donors (Lipinski definition) is 3. The summed E-state index contributed by atoms with van der Waals surface area (Å²) in [5.41, 5.74) is 6.06. The summed E-state index contributed by atoms with van der Waals surface area (Å²) in [6.45, 7) is 0. The van der Waals surface area contributed by atoms with Gasteiger partial charge in [-0.05, 0) is 24.3 Å². The minimum Gasteiger partial charge on any atom is -0.384 e. The molecule has 2 rings (SSSR count). The van der Waals surface area contributed by atoms with E-state index in [9.17, 15) is 8.42 Å². The third-order valence-electron chi connectivity index (χ3n) is 2.52. The van der Waals surface area contributed by atoms with Crippen LogP contribution in [0.4, 0.5) is 5.69 Å². The molecule has 2 aromatic carbocycles. The minimum atomic E-state index is -3.67. The first-order valence-corrected chi connectivity index (χ1v) is 7.00. The standard InChI is InChI=1S/C13H13N3O2S/c14-13(15)11-8-4-5-9-12(11)16-19(17,18)10-6-2-1-3-7-10/h1-9,16H,(H3,14,15). The smallest absolute Gasteiger partial charge is 0.261 e. The number of nitrogens with two attached hydrogens (primary N) is 1.